The zero-order chi connectivity index (χ0) is 17.7. The molecule has 1 saturated heterocycles. The molecule has 1 fully saturated rings. The van der Waals surface area contributed by atoms with Crippen molar-refractivity contribution in [1.29, 1.82) is 0 Å². The van der Waals surface area contributed by atoms with Gasteiger partial charge in [0.1, 0.15) is 5.82 Å². The third-order valence-corrected chi connectivity index (χ3v) is 5.97. The number of hydrogen-bond donors (Lipinski definition) is 1. The van der Waals surface area contributed by atoms with Gasteiger partial charge in [-0.25, -0.2) is 13.4 Å². The first-order valence-electron chi connectivity index (χ1n) is 8.91. The summed E-state index contributed by atoms with van der Waals surface area (Å²) in [5.74, 6) is 0.914. The van der Waals surface area contributed by atoms with Crippen LogP contribution in [0.25, 0.3) is 0 Å². The molecule has 25 heavy (non-hydrogen) atoms. The van der Waals surface area contributed by atoms with E-state index >= 15 is 0 Å². The molecule has 0 amide bonds. The number of sulfonamides is 1. The molecular formula is C19H25N3O2S. The maximum absolute atomic E-state index is 12.5. The van der Waals surface area contributed by atoms with Crippen LogP contribution >= 0.6 is 0 Å². The van der Waals surface area contributed by atoms with Gasteiger partial charge >= 0.3 is 0 Å². The SMILES string of the molecule is CCc1ccc(S(=O)(=O)Nc2ccc(N3CCCCCC3)nc2)cc1. The van der Waals surface area contributed by atoms with Crippen molar-refractivity contribution in [3.8, 4) is 0 Å². The standard InChI is InChI=1S/C19H25N3O2S/c1-2-16-7-10-18(11-8-16)25(23,24)21-17-9-12-19(20-15-17)22-13-5-3-4-6-14-22/h7-12,15,21H,2-6,13-14H2,1H3. The molecular weight excluding hydrogens is 334 g/mol. The van der Waals surface area contributed by atoms with E-state index in [0.29, 0.717) is 5.69 Å². The molecule has 0 unspecified atom stereocenters. The molecule has 5 nitrogen and oxygen atoms in total. The number of aryl methyl sites for hydroxylation is 1. The fraction of sp³-hybridized carbons (Fsp3) is 0.421. The van der Waals surface area contributed by atoms with Gasteiger partial charge in [0.25, 0.3) is 10.0 Å². The van der Waals surface area contributed by atoms with Crippen LogP contribution in [0, 0.1) is 0 Å². The van der Waals surface area contributed by atoms with Crippen LogP contribution < -0.4 is 9.62 Å². The molecule has 0 spiro atoms. The summed E-state index contributed by atoms with van der Waals surface area (Å²) in [7, 11) is -3.59. The van der Waals surface area contributed by atoms with Gasteiger partial charge in [-0.05, 0) is 49.1 Å². The largest absolute Gasteiger partial charge is 0.357 e. The summed E-state index contributed by atoms with van der Waals surface area (Å²) in [5, 5.41) is 0. The van der Waals surface area contributed by atoms with Gasteiger partial charge in [0.2, 0.25) is 0 Å². The molecule has 0 saturated carbocycles. The second-order valence-electron chi connectivity index (χ2n) is 6.41. The minimum Gasteiger partial charge on any atom is -0.357 e. The van der Waals surface area contributed by atoms with Crippen LogP contribution in [0.15, 0.2) is 47.5 Å². The van der Waals surface area contributed by atoms with Gasteiger partial charge in [0, 0.05) is 13.1 Å². The lowest BCUT2D eigenvalue weighted by atomic mass is 10.2. The molecule has 1 N–H and O–H groups in total. The Morgan fingerprint density at radius 3 is 2.24 bits per heavy atom. The van der Waals surface area contributed by atoms with E-state index in [4.69, 9.17) is 0 Å². The highest BCUT2D eigenvalue weighted by Crippen LogP contribution is 2.21. The Hall–Kier alpha value is -2.08. The van der Waals surface area contributed by atoms with Crippen molar-refractivity contribution < 1.29 is 8.42 Å². The van der Waals surface area contributed by atoms with Gasteiger partial charge in [-0.15, -0.1) is 0 Å². The number of aromatic nitrogens is 1. The van der Waals surface area contributed by atoms with Crippen molar-refractivity contribution in [3.63, 3.8) is 0 Å². The van der Waals surface area contributed by atoms with E-state index in [0.717, 1.165) is 30.9 Å². The summed E-state index contributed by atoms with van der Waals surface area (Å²) >= 11 is 0. The summed E-state index contributed by atoms with van der Waals surface area (Å²) in [6.45, 7) is 4.07. The van der Waals surface area contributed by atoms with Gasteiger partial charge in [-0.3, -0.25) is 4.72 Å². The summed E-state index contributed by atoms with van der Waals surface area (Å²) < 4.78 is 27.6. The van der Waals surface area contributed by atoms with E-state index in [-0.39, 0.29) is 4.90 Å². The number of nitrogens with one attached hydrogen (secondary N) is 1. The van der Waals surface area contributed by atoms with Crippen molar-refractivity contribution in [2.75, 3.05) is 22.7 Å². The van der Waals surface area contributed by atoms with Crippen LogP contribution in [0.3, 0.4) is 0 Å². The monoisotopic (exact) mass is 359 g/mol. The number of nitrogens with zero attached hydrogens (tertiary/aromatic N) is 2. The average Bonchev–Trinajstić information content (AvgIpc) is 2.91. The summed E-state index contributed by atoms with van der Waals surface area (Å²) in [6, 6.07) is 10.6. The predicted octanol–water partition coefficient (Wildman–Crippen LogP) is 3.83. The van der Waals surface area contributed by atoms with E-state index < -0.39 is 10.0 Å². The normalized spacial score (nSPS) is 15.6. The summed E-state index contributed by atoms with van der Waals surface area (Å²) in [5.41, 5.74) is 1.60. The molecule has 2 heterocycles. The Labute approximate surface area is 150 Å². The maximum Gasteiger partial charge on any atom is 0.261 e. The van der Waals surface area contributed by atoms with Crippen LogP contribution in [0.5, 0.6) is 0 Å². The lowest BCUT2D eigenvalue weighted by Gasteiger charge is -2.21. The van der Waals surface area contributed by atoms with Gasteiger partial charge in [-0.2, -0.15) is 0 Å². The van der Waals surface area contributed by atoms with E-state index in [2.05, 4.69) is 14.6 Å². The minimum absolute atomic E-state index is 0.265. The number of pyridine rings is 1. The second kappa shape index (κ2) is 7.87. The Kier molecular flexibility index (Phi) is 5.58. The first kappa shape index (κ1) is 17.7. The van der Waals surface area contributed by atoms with Gasteiger partial charge in [0.05, 0.1) is 16.8 Å². The molecule has 134 valence electrons. The molecule has 0 radical (unpaired) electrons. The Morgan fingerprint density at radius 1 is 1.00 bits per heavy atom. The van der Waals surface area contributed by atoms with E-state index in [1.54, 1.807) is 24.4 Å². The first-order valence-corrected chi connectivity index (χ1v) is 10.4. The highest BCUT2D eigenvalue weighted by molar-refractivity contribution is 7.92. The van der Waals surface area contributed by atoms with Crippen LogP contribution in [-0.4, -0.2) is 26.5 Å². The number of hydrogen-bond acceptors (Lipinski definition) is 4. The summed E-state index contributed by atoms with van der Waals surface area (Å²) in [4.78, 5) is 6.99. The van der Waals surface area contributed by atoms with Crippen LogP contribution in [-0.2, 0) is 16.4 Å². The Bertz CT molecular complexity index is 778. The van der Waals surface area contributed by atoms with Gasteiger partial charge in [-0.1, -0.05) is 31.9 Å². The minimum atomic E-state index is -3.59. The highest BCUT2D eigenvalue weighted by Gasteiger charge is 2.15. The smallest absolute Gasteiger partial charge is 0.261 e. The average molecular weight is 359 g/mol. The molecule has 0 aliphatic carbocycles. The fourth-order valence-electron chi connectivity index (χ4n) is 3.05. The molecule has 1 aromatic heterocycles. The Balaban J connectivity index is 1.71. The molecule has 1 aromatic carbocycles. The number of rotatable bonds is 5. The van der Waals surface area contributed by atoms with Crippen LogP contribution in [0.2, 0.25) is 0 Å². The van der Waals surface area contributed by atoms with Gasteiger partial charge in [0.15, 0.2) is 0 Å². The predicted molar refractivity (Wildman–Crippen MR) is 102 cm³/mol. The van der Waals surface area contributed by atoms with E-state index in [1.807, 2.05) is 25.1 Å². The maximum atomic E-state index is 12.5. The van der Waals surface area contributed by atoms with Crippen molar-refractivity contribution >= 4 is 21.5 Å². The zero-order valence-corrected chi connectivity index (χ0v) is 15.4. The number of benzene rings is 1. The topological polar surface area (TPSA) is 62.3 Å². The van der Waals surface area contributed by atoms with E-state index in [1.165, 1.54) is 25.7 Å². The lowest BCUT2D eigenvalue weighted by Crippen LogP contribution is -2.24. The highest BCUT2D eigenvalue weighted by atomic mass is 32.2. The lowest BCUT2D eigenvalue weighted by molar-refractivity contribution is 0.601. The fourth-order valence-corrected chi connectivity index (χ4v) is 4.09. The van der Waals surface area contributed by atoms with Gasteiger partial charge < -0.3 is 4.90 Å². The quantitative estimate of drug-likeness (QED) is 0.881. The number of anilines is 2. The molecule has 0 bridgehead atoms. The van der Waals surface area contributed by atoms with Crippen molar-refractivity contribution in [3.05, 3.63) is 48.2 Å². The molecule has 3 rings (SSSR count). The molecule has 0 atom stereocenters. The van der Waals surface area contributed by atoms with Crippen LogP contribution in [0.4, 0.5) is 11.5 Å². The molecule has 6 heteroatoms. The van der Waals surface area contributed by atoms with Crippen molar-refractivity contribution in [2.24, 2.45) is 0 Å². The third-order valence-electron chi connectivity index (χ3n) is 4.57. The summed E-state index contributed by atoms with van der Waals surface area (Å²) in [6.07, 6.45) is 7.39. The zero-order valence-electron chi connectivity index (χ0n) is 14.6. The van der Waals surface area contributed by atoms with E-state index in [9.17, 15) is 8.42 Å². The first-order chi connectivity index (χ1) is 12.1. The molecule has 1 aliphatic rings. The van der Waals surface area contributed by atoms with Crippen LogP contribution in [0.1, 0.15) is 38.2 Å². The molecule has 1 aliphatic heterocycles. The van der Waals surface area contributed by atoms with Crippen molar-refractivity contribution in [1.82, 2.24) is 4.98 Å². The second-order valence-corrected chi connectivity index (χ2v) is 8.09. The Morgan fingerprint density at radius 2 is 1.68 bits per heavy atom. The molecule has 2 aromatic rings. The van der Waals surface area contributed by atoms with Crippen molar-refractivity contribution in [2.45, 2.75) is 43.9 Å². The third kappa shape index (κ3) is 4.51.